The van der Waals surface area contributed by atoms with Crippen LogP contribution < -0.4 is 5.32 Å². The maximum Gasteiger partial charge on any atom is 0.0646 e. The summed E-state index contributed by atoms with van der Waals surface area (Å²) in [4.78, 5) is 0. The fraction of sp³-hybridized carbons (Fsp3) is 1.00. The van der Waals surface area contributed by atoms with Crippen LogP contribution in [0.5, 0.6) is 0 Å². The maximum atomic E-state index is 6.12. The molecule has 18 heavy (non-hydrogen) atoms. The van der Waals surface area contributed by atoms with Crippen LogP contribution in [0.3, 0.4) is 0 Å². The highest BCUT2D eigenvalue weighted by Gasteiger charge is 2.45. The van der Waals surface area contributed by atoms with E-state index in [1.54, 1.807) is 0 Å². The highest BCUT2D eigenvalue weighted by atomic mass is 16.5. The Labute approximate surface area is 111 Å². The average Bonchev–Trinajstić information content (AvgIpc) is 2.75. The van der Waals surface area contributed by atoms with E-state index in [1.807, 2.05) is 0 Å². The maximum absolute atomic E-state index is 6.12. The Morgan fingerprint density at radius 2 is 1.56 bits per heavy atom. The first-order chi connectivity index (χ1) is 8.90. The van der Waals surface area contributed by atoms with Gasteiger partial charge in [-0.2, -0.15) is 0 Å². The highest BCUT2D eigenvalue weighted by Crippen LogP contribution is 2.43. The molecule has 1 N–H and O–H groups in total. The van der Waals surface area contributed by atoms with Gasteiger partial charge in [0.25, 0.3) is 0 Å². The lowest BCUT2D eigenvalue weighted by atomic mass is 9.78. The first kappa shape index (κ1) is 11.7. The molecule has 0 amide bonds. The molecule has 0 radical (unpaired) electrons. The van der Waals surface area contributed by atoms with Gasteiger partial charge in [0, 0.05) is 24.4 Å². The van der Waals surface area contributed by atoms with E-state index < -0.39 is 0 Å². The van der Waals surface area contributed by atoms with Crippen LogP contribution in [0.15, 0.2) is 0 Å². The van der Waals surface area contributed by atoms with Crippen molar-refractivity contribution in [1.82, 2.24) is 5.32 Å². The zero-order chi connectivity index (χ0) is 11.9. The molecule has 5 rings (SSSR count). The summed E-state index contributed by atoms with van der Waals surface area (Å²) in [6.07, 6.45) is 15.5. The first-order valence-electron chi connectivity index (χ1n) is 8.31. The van der Waals surface area contributed by atoms with Crippen molar-refractivity contribution in [2.75, 3.05) is 0 Å². The van der Waals surface area contributed by atoms with Crippen molar-refractivity contribution in [2.45, 2.75) is 88.5 Å². The molecule has 4 heterocycles. The number of nitrogens with one attached hydrogen (secondary N) is 1. The summed E-state index contributed by atoms with van der Waals surface area (Å²) < 4.78 is 6.12. The van der Waals surface area contributed by atoms with E-state index in [2.05, 4.69) is 5.32 Å². The summed E-state index contributed by atoms with van der Waals surface area (Å²) in [6.45, 7) is 0. The molecule has 4 unspecified atom stereocenters. The SMILES string of the molecule is C1CC2CCCC(C1)C(C1CCCC3CC1O3)N2. The fourth-order valence-corrected chi connectivity index (χ4v) is 5.08. The molecular formula is C16H27NO. The number of rotatable bonds is 1. The minimum Gasteiger partial charge on any atom is -0.374 e. The van der Waals surface area contributed by atoms with Crippen LogP contribution in [0.2, 0.25) is 0 Å². The zero-order valence-electron chi connectivity index (χ0n) is 11.4. The van der Waals surface area contributed by atoms with E-state index >= 15 is 0 Å². The Morgan fingerprint density at radius 3 is 2.33 bits per heavy atom. The molecule has 5 fully saturated rings. The number of hydrogen-bond acceptors (Lipinski definition) is 2. The van der Waals surface area contributed by atoms with Gasteiger partial charge in [-0.25, -0.2) is 0 Å². The van der Waals surface area contributed by atoms with Crippen LogP contribution >= 0.6 is 0 Å². The summed E-state index contributed by atoms with van der Waals surface area (Å²) in [5.41, 5.74) is 0. The lowest BCUT2D eigenvalue weighted by Crippen LogP contribution is -2.52. The molecule has 4 atom stereocenters. The molecule has 1 saturated carbocycles. The Bertz CT molecular complexity index is 289. The van der Waals surface area contributed by atoms with E-state index in [4.69, 9.17) is 4.74 Å². The summed E-state index contributed by atoms with van der Waals surface area (Å²) >= 11 is 0. The van der Waals surface area contributed by atoms with Crippen molar-refractivity contribution in [3.8, 4) is 0 Å². The standard InChI is InChI=1S/C16H27NO/c1-4-11-5-2-7-12(6-1)17-16(11)14-9-3-8-13-10-15(14)18-13/h11-17H,1-10H2. The van der Waals surface area contributed by atoms with Crippen molar-refractivity contribution in [1.29, 1.82) is 0 Å². The lowest BCUT2D eigenvalue weighted by molar-refractivity contribution is -0.147. The molecule has 4 bridgehead atoms. The van der Waals surface area contributed by atoms with Crippen LogP contribution in [0, 0.1) is 11.8 Å². The van der Waals surface area contributed by atoms with Gasteiger partial charge in [0.05, 0.1) is 12.2 Å². The normalized spacial score (nSPS) is 52.0. The Balaban J connectivity index is 1.54. The van der Waals surface area contributed by atoms with Crippen molar-refractivity contribution >= 4 is 0 Å². The molecular weight excluding hydrogens is 222 g/mol. The smallest absolute Gasteiger partial charge is 0.0646 e. The summed E-state index contributed by atoms with van der Waals surface area (Å²) in [6, 6.07) is 1.60. The largest absolute Gasteiger partial charge is 0.374 e. The molecule has 0 aromatic carbocycles. The second-order valence-corrected chi connectivity index (χ2v) is 7.14. The number of hydrogen-bond donors (Lipinski definition) is 1. The molecule has 0 aromatic heterocycles. The van der Waals surface area contributed by atoms with Crippen LogP contribution in [0.4, 0.5) is 0 Å². The van der Waals surface area contributed by atoms with Crippen molar-refractivity contribution in [3.05, 3.63) is 0 Å². The second-order valence-electron chi connectivity index (χ2n) is 7.14. The van der Waals surface area contributed by atoms with E-state index in [0.29, 0.717) is 12.2 Å². The third kappa shape index (κ3) is 2.02. The molecule has 1 aliphatic carbocycles. The van der Waals surface area contributed by atoms with E-state index in [1.165, 1.54) is 64.2 Å². The van der Waals surface area contributed by atoms with Gasteiger partial charge in [-0.3, -0.25) is 0 Å². The quantitative estimate of drug-likeness (QED) is 0.770. The summed E-state index contributed by atoms with van der Waals surface area (Å²) in [5.74, 6) is 1.77. The predicted octanol–water partition coefficient (Wildman–Crippen LogP) is 3.25. The van der Waals surface area contributed by atoms with Gasteiger partial charge >= 0.3 is 0 Å². The minimum atomic E-state index is 0.606. The second kappa shape index (κ2) is 4.79. The van der Waals surface area contributed by atoms with Gasteiger partial charge in [0.1, 0.15) is 0 Å². The highest BCUT2D eigenvalue weighted by molar-refractivity contribution is 4.98. The molecule has 2 nitrogen and oxygen atoms in total. The summed E-state index contributed by atoms with van der Waals surface area (Å²) in [5, 5.41) is 4.05. The van der Waals surface area contributed by atoms with E-state index in [0.717, 1.165) is 23.9 Å². The Morgan fingerprint density at radius 1 is 0.833 bits per heavy atom. The lowest BCUT2D eigenvalue weighted by Gasteiger charge is -2.43. The molecule has 4 aliphatic heterocycles. The van der Waals surface area contributed by atoms with Crippen LogP contribution in [-0.2, 0) is 4.74 Å². The van der Waals surface area contributed by atoms with E-state index in [9.17, 15) is 0 Å². The van der Waals surface area contributed by atoms with Crippen molar-refractivity contribution in [2.24, 2.45) is 11.8 Å². The summed E-state index contributed by atoms with van der Waals surface area (Å²) in [7, 11) is 0. The number of fused-ring (bicyclic) bond motifs is 7. The minimum absolute atomic E-state index is 0.606. The fourth-order valence-electron chi connectivity index (χ4n) is 5.08. The van der Waals surface area contributed by atoms with Gasteiger partial charge < -0.3 is 10.1 Å². The van der Waals surface area contributed by atoms with Gasteiger partial charge in [-0.15, -0.1) is 0 Å². The molecule has 0 spiro atoms. The molecule has 102 valence electrons. The van der Waals surface area contributed by atoms with Gasteiger partial charge in [-0.05, 0) is 44.4 Å². The van der Waals surface area contributed by atoms with Crippen LogP contribution in [0.25, 0.3) is 0 Å². The van der Waals surface area contributed by atoms with Crippen molar-refractivity contribution in [3.63, 3.8) is 0 Å². The topological polar surface area (TPSA) is 21.3 Å². The van der Waals surface area contributed by atoms with Gasteiger partial charge in [-0.1, -0.05) is 19.3 Å². The van der Waals surface area contributed by atoms with Crippen molar-refractivity contribution < 1.29 is 4.74 Å². The molecule has 4 saturated heterocycles. The Hall–Kier alpha value is -0.0800. The molecule has 0 aromatic rings. The molecule has 2 heteroatoms. The zero-order valence-corrected chi connectivity index (χ0v) is 11.4. The monoisotopic (exact) mass is 249 g/mol. The van der Waals surface area contributed by atoms with Gasteiger partial charge in [0.2, 0.25) is 0 Å². The van der Waals surface area contributed by atoms with Gasteiger partial charge in [0.15, 0.2) is 0 Å². The first-order valence-corrected chi connectivity index (χ1v) is 8.31. The van der Waals surface area contributed by atoms with E-state index in [-0.39, 0.29) is 0 Å². The molecule has 5 aliphatic rings. The van der Waals surface area contributed by atoms with Crippen LogP contribution in [-0.4, -0.2) is 24.3 Å². The average molecular weight is 249 g/mol. The third-order valence-corrected chi connectivity index (χ3v) is 6.06. The number of ether oxygens (including phenoxy) is 1. The Kier molecular flexibility index (Phi) is 3.12. The predicted molar refractivity (Wildman–Crippen MR) is 72.5 cm³/mol. The third-order valence-electron chi connectivity index (χ3n) is 6.06. The van der Waals surface area contributed by atoms with Crippen LogP contribution in [0.1, 0.15) is 64.2 Å².